The van der Waals surface area contributed by atoms with Gasteiger partial charge in [-0.1, -0.05) is 26.0 Å². The molecule has 0 unspecified atom stereocenters. The lowest BCUT2D eigenvalue weighted by molar-refractivity contribution is -0.117. The van der Waals surface area contributed by atoms with E-state index >= 15 is 0 Å². The van der Waals surface area contributed by atoms with Crippen LogP contribution in [0.25, 0.3) is 0 Å². The van der Waals surface area contributed by atoms with Crippen LogP contribution in [0.2, 0.25) is 0 Å². The van der Waals surface area contributed by atoms with Crippen LogP contribution in [-0.4, -0.2) is 56.4 Å². The third-order valence-electron chi connectivity index (χ3n) is 6.14. The first-order valence-electron chi connectivity index (χ1n) is 11.4. The van der Waals surface area contributed by atoms with E-state index in [-0.39, 0.29) is 17.2 Å². The molecule has 0 radical (unpaired) electrons. The van der Waals surface area contributed by atoms with Crippen molar-refractivity contribution in [2.75, 3.05) is 39.2 Å². The number of amidine groups is 1. The van der Waals surface area contributed by atoms with Crippen molar-refractivity contribution in [2.45, 2.75) is 19.3 Å². The molecule has 2 aliphatic rings. The summed E-state index contributed by atoms with van der Waals surface area (Å²) < 4.78 is 10.5. The van der Waals surface area contributed by atoms with Crippen LogP contribution < -0.4 is 20.1 Å². The number of anilines is 1. The van der Waals surface area contributed by atoms with Crippen LogP contribution >= 0.6 is 0 Å². The number of aliphatic imine (C=N–C) groups is 1. The summed E-state index contributed by atoms with van der Waals surface area (Å²) in [6, 6.07) is 12.7. The van der Waals surface area contributed by atoms with E-state index in [0.717, 1.165) is 24.5 Å². The summed E-state index contributed by atoms with van der Waals surface area (Å²) in [4.78, 5) is 31.8. The second-order valence-corrected chi connectivity index (χ2v) is 9.02. The summed E-state index contributed by atoms with van der Waals surface area (Å²) in [6.45, 7) is 6.16. The van der Waals surface area contributed by atoms with Gasteiger partial charge in [-0.25, -0.2) is 0 Å². The molecule has 2 aromatic carbocycles. The Kier molecular flexibility index (Phi) is 6.91. The number of hydrogen-bond acceptors (Lipinski definition) is 6. The van der Waals surface area contributed by atoms with Gasteiger partial charge in [-0.15, -0.1) is 0 Å². The molecule has 0 fully saturated rings. The van der Waals surface area contributed by atoms with Gasteiger partial charge in [0.1, 0.15) is 5.84 Å². The monoisotopic (exact) mass is 474 g/mol. The van der Waals surface area contributed by atoms with Gasteiger partial charge in [0.25, 0.3) is 11.8 Å². The fraction of sp³-hybridized carbons (Fsp3) is 0.296. The number of hydrogen-bond donors (Lipinski definition) is 2. The molecule has 182 valence electrons. The van der Waals surface area contributed by atoms with Gasteiger partial charge in [0.2, 0.25) is 0 Å². The zero-order valence-corrected chi connectivity index (χ0v) is 20.4. The molecule has 0 bridgehead atoms. The predicted molar refractivity (Wildman–Crippen MR) is 136 cm³/mol. The molecule has 4 rings (SSSR count). The van der Waals surface area contributed by atoms with Gasteiger partial charge in [-0.3, -0.25) is 14.6 Å². The maximum atomic E-state index is 12.7. The molecule has 2 amide bonds. The molecule has 8 nitrogen and oxygen atoms in total. The molecule has 0 saturated heterocycles. The zero-order chi connectivity index (χ0) is 25.0. The summed E-state index contributed by atoms with van der Waals surface area (Å²) in [7, 11) is 3.08. The van der Waals surface area contributed by atoms with Crippen molar-refractivity contribution in [3.8, 4) is 11.5 Å². The quantitative estimate of drug-likeness (QED) is 0.611. The number of methoxy groups -OCH3 is 2. The van der Waals surface area contributed by atoms with Crippen LogP contribution in [0.1, 0.15) is 29.8 Å². The number of nitrogens with zero attached hydrogens (tertiary/aromatic N) is 2. The van der Waals surface area contributed by atoms with Gasteiger partial charge in [0.15, 0.2) is 11.5 Å². The van der Waals surface area contributed by atoms with E-state index in [2.05, 4.69) is 29.5 Å². The second kappa shape index (κ2) is 10.0. The molecule has 0 saturated carbocycles. The topological polar surface area (TPSA) is 92.3 Å². The highest BCUT2D eigenvalue weighted by molar-refractivity contribution is 6.05. The first-order chi connectivity index (χ1) is 16.8. The average molecular weight is 475 g/mol. The number of amides is 2. The summed E-state index contributed by atoms with van der Waals surface area (Å²) in [6.07, 6.45) is 5.53. The van der Waals surface area contributed by atoms with Crippen molar-refractivity contribution >= 4 is 23.3 Å². The van der Waals surface area contributed by atoms with Crippen LogP contribution in [0, 0.1) is 0 Å². The molecular formula is C27H30N4O4. The normalized spacial score (nSPS) is 14.6. The molecule has 8 heteroatoms. The molecule has 0 atom stereocenters. The first-order valence-corrected chi connectivity index (χ1v) is 11.4. The maximum absolute atomic E-state index is 12.7. The Labute approximate surface area is 205 Å². The van der Waals surface area contributed by atoms with Crippen LogP contribution in [0.5, 0.6) is 11.5 Å². The van der Waals surface area contributed by atoms with Gasteiger partial charge in [-0.2, -0.15) is 0 Å². The largest absolute Gasteiger partial charge is 0.493 e. The van der Waals surface area contributed by atoms with Gasteiger partial charge < -0.3 is 25.0 Å². The lowest BCUT2D eigenvalue weighted by Gasteiger charge is -2.26. The fourth-order valence-electron chi connectivity index (χ4n) is 3.96. The van der Waals surface area contributed by atoms with E-state index < -0.39 is 0 Å². The number of fused-ring (bicyclic) bond motifs is 1. The van der Waals surface area contributed by atoms with Crippen LogP contribution in [0.4, 0.5) is 5.69 Å². The maximum Gasteiger partial charge on any atom is 0.255 e. The molecule has 35 heavy (non-hydrogen) atoms. The third-order valence-corrected chi connectivity index (χ3v) is 6.14. The summed E-state index contributed by atoms with van der Waals surface area (Å²) in [5.41, 5.74) is 2.50. The summed E-state index contributed by atoms with van der Waals surface area (Å²) >= 11 is 0. The van der Waals surface area contributed by atoms with Crippen molar-refractivity contribution in [1.29, 1.82) is 0 Å². The summed E-state index contributed by atoms with van der Waals surface area (Å²) in [5, 5.41) is 5.95. The van der Waals surface area contributed by atoms with E-state index in [9.17, 15) is 9.59 Å². The van der Waals surface area contributed by atoms with Gasteiger partial charge in [0.05, 0.1) is 26.3 Å². The molecule has 0 spiro atoms. The van der Waals surface area contributed by atoms with E-state index in [1.54, 1.807) is 31.4 Å². The fourth-order valence-corrected chi connectivity index (χ4v) is 3.96. The standard InChI is InChI=1S/C27H30N4O4/c1-27(2,17-29-25(32)19-6-12-24-28-13-14-31(24)16-19)20-7-9-21(10-8-20)30-26(33)18-5-11-22(34-3)23(15-18)35-4/h5-12,15-16H,13-14,17H2,1-4H3,(H,29,32)(H,30,33). The van der Waals surface area contributed by atoms with Crippen LogP contribution in [0.15, 0.2) is 71.4 Å². The van der Waals surface area contributed by atoms with Gasteiger partial charge in [0, 0.05) is 36.0 Å². The number of benzene rings is 2. The highest BCUT2D eigenvalue weighted by Gasteiger charge is 2.24. The van der Waals surface area contributed by atoms with Crippen molar-refractivity contribution in [1.82, 2.24) is 10.2 Å². The van der Waals surface area contributed by atoms with Crippen molar-refractivity contribution in [3.05, 3.63) is 77.5 Å². The van der Waals surface area contributed by atoms with E-state index in [1.807, 2.05) is 41.4 Å². The smallest absolute Gasteiger partial charge is 0.255 e. The average Bonchev–Trinajstić information content (AvgIpc) is 3.35. The van der Waals surface area contributed by atoms with Crippen LogP contribution in [0.3, 0.4) is 0 Å². The summed E-state index contributed by atoms with van der Waals surface area (Å²) in [5.74, 6) is 1.60. The molecule has 2 N–H and O–H groups in total. The minimum absolute atomic E-state index is 0.112. The Balaban J connectivity index is 1.36. The lowest BCUT2D eigenvalue weighted by atomic mass is 9.84. The molecule has 0 aliphatic carbocycles. The molecule has 0 aromatic heterocycles. The SMILES string of the molecule is COc1ccc(C(=O)Nc2ccc(C(C)(C)CNC(=O)C3=CN4CCN=C4C=C3)cc2)cc1OC. The van der Waals surface area contributed by atoms with Crippen molar-refractivity contribution < 1.29 is 19.1 Å². The zero-order valence-electron chi connectivity index (χ0n) is 20.4. The Hall–Kier alpha value is -4.07. The molecule has 2 heterocycles. The second-order valence-electron chi connectivity index (χ2n) is 9.02. The molecule has 2 aromatic rings. The van der Waals surface area contributed by atoms with Gasteiger partial charge in [-0.05, 0) is 48.0 Å². The Morgan fingerprint density at radius 1 is 1.00 bits per heavy atom. The number of ether oxygens (including phenoxy) is 2. The highest BCUT2D eigenvalue weighted by Crippen LogP contribution is 2.28. The molecular weight excluding hydrogens is 444 g/mol. The Bertz CT molecular complexity index is 1210. The Morgan fingerprint density at radius 3 is 2.46 bits per heavy atom. The first kappa shape index (κ1) is 24.1. The highest BCUT2D eigenvalue weighted by atomic mass is 16.5. The van der Waals surface area contributed by atoms with E-state index in [1.165, 1.54) is 7.11 Å². The third kappa shape index (κ3) is 5.37. The van der Waals surface area contributed by atoms with E-state index in [4.69, 9.17) is 9.47 Å². The number of rotatable bonds is 8. The van der Waals surface area contributed by atoms with Crippen molar-refractivity contribution in [3.63, 3.8) is 0 Å². The van der Waals surface area contributed by atoms with E-state index in [0.29, 0.717) is 34.9 Å². The predicted octanol–water partition coefficient (Wildman–Crippen LogP) is 3.52. The molecule has 2 aliphatic heterocycles. The number of carbonyl (C=O) groups is 2. The minimum Gasteiger partial charge on any atom is -0.493 e. The van der Waals surface area contributed by atoms with Crippen LogP contribution in [-0.2, 0) is 10.2 Å². The van der Waals surface area contributed by atoms with Crippen molar-refractivity contribution in [2.24, 2.45) is 4.99 Å². The number of nitrogens with one attached hydrogen (secondary N) is 2. The number of carbonyl (C=O) groups excluding carboxylic acids is 2. The van der Waals surface area contributed by atoms with Gasteiger partial charge >= 0.3 is 0 Å². The lowest BCUT2D eigenvalue weighted by Crippen LogP contribution is -2.38. The Morgan fingerprint density at radius 2 is 1.74 bits per heavy atom. The minimum atomic E-state index is -0.305.